The van der Waals surface area contributed by atoms with Gasteiger partial charge in [-0.25, -0.2) is 4.79 Å². The molecule has 1 aliphatic carbocycles. The Morgan fingerprint density at radius 3 is 2.58 bits per heavy atom. The van der Waals surface area contributed by atoms with Crippen LogP contribution >= 0.6 is 0 Å². The maximum Gasteiger partial charge on any atom is 0.323 e. The van der Waals surface area contributed by atoms with Crippen molar-refractivity contribution in [2.24, 2.45) is 0 Å². The zero-order valence-corrected chi connectivity index (χ0v) is 11.6. The van der Waals surface area contributed by atoms with E-state index in [1.807, 2.05) is 0 Å². The fourth-order valence-corrected chi connectivity index (χ4v) is 2.22. The van der Waals surface area contributed by atoms with E-state index in [0.717, 1.165) is 12.8 Å². The van der Waals surface area contributed by atoms with Gasteiger partial charge in [-0.05, 0) is 19.8 Å². The van der Waals surface area contributed by atoms with E-state index in [1.165, 1.54) is 24.2 Å². The van der Waals surface area contributed by atoms with Crippen molar-refractivity contribution in [2.75, 3.05) is 26.2 Å². The van der Waals surface area contributed by atoms with E-state index in [1.54, 1.807) is 6.92 Å². The Bertz CT molecular complexity index is 290. The van der Waals surface area contributed by atoms with Gasteiger partial charge in [0.05, 0.1) is 12.7 Å². The highest BCUT2D eigenvalue weighted by Gasteiger charge is 2.15. The molecule has 110 valence electrons. The number of nitrogens with one attached hydrogen (secondary N) is 1. The van der Waals surface area contributed by atoms with E-state index in [2.05, 4.69) is 5.32 Å². The second kappa shape index (κ2) is 8.74. The zero-order valence-electron chi connectivity index (χ0n) is 11.6. The van der Waals surface area contributed by atoms with E-state index >= 15 is 0 Å². The Kier molecular flexibility index (Phi) is 7.25. The summed E-state index contributed by atoms with van der Waals surface area (Å²) in [5.41, 5.74) is 0. The molecule has 6 nitrogen and oxygen atoms in total. The molecule has 1 rings (SSSR count). The van der Waals surface area contributed by atoms with Crippen molar-refractivity contribution < 1.29 is 19.4 Å². The standard InChI is InChI=1S/C13H24N2O4/c1-2-15(10-12(16)17)13(18)14-8-9-19-11-6-4-3-5-7-11/h11H,2-10H2,1H3,(H,14,18)(H,16,17). The van der Waals surface area contributed by atoms with E-state index < -0.39 is 5.97 Å². The summed E-state index contributed by atoms with van der Waals surface area (Å²) in [5, 5.41) is 11.3. The Balaban J connectivity index is 2.13. The Morgan fingerprint density at radius 2 is 2.00 bits per heavy atom. The van der Waals surface area contributed by atoms with E-state index in [9.17, 15) is 9.59 Å². The molecule has 0 aliphatic heterocycles. The van der Waals surface area contributed by atoms with Crippen LogP contribution in [0.15, 0.2) is 0 Å². The van der Waals surface area contributed by atoms with Crippen LogP contribution in [0.1, 0.15) is 39.0 Å². The first-order valence-corrected chi connectivity index (χ1v) is 6.99. The third-order valence-corrected chi connectivity index (χ3v) is 3.28. The van der Waals surface area contributed by atoms with Crippen LogP contribution in [-0.4, -0.2) is 54.4 Å². The number of carbonyl (C=O) groups excluding carboxylic acids is 1. The van der Waals surface area contributed by atoms with Crippen LogP contribution in [0.4, 0.5) is 4.79 Å². The van der Waals surface area contributed by atoms with Crippen LogP contribution in [0, 0.1) is 0 Å². The lowest BCUT2D eigenvalue weighted by atomic mass is 9.98. The molecule has 0 radical (unpaired) electrons. The number of urea groups is 1. The van der Waals surface area contributed by atoms with Gasteiger partial charge in [-0.3, -0.25) is 4.79 Å². The van der Waals surface area contributed by atoms with E-state index in [-0.39, 0.29) is 12.6 Å². The first-order chi connectivity index (χ1) is 9.13. The van der Waals surface area contributed by atoms with Crippen LogP contribution in [-0.2, 0) is 9.53 Å². The molecule has 0 aromatic carbocycles. The van der Waals surface area contributed by atoms with Gasteiger partial charge in [0.1, 0.15) is 6.54 Å². The molecule has 0 bridgehead atoms. The Morgan fingerprint density at radius 1 is 1.32 bits per heavy atom. The smallest absolute Gasteiger partial charge is 0.323 e. The molecule has 2 amide bonds. The number of likely N-dealkylation sites (N-methyl/N-ethyl adjacent to an activating group) is 1. The lowest BCUT2D eigenvalue weighted by molar-refractivity contribution is -0.137. The topological polar surface area (TPSA) is 78.9 Å². The lowest BCUT2D eigenvalue weighted by Gasteiger charge is -2.23. The van der Waals surface area contributed by atoms with Gasteiger partial charge in [0, 0.05) is 13.1 Å². The Labute approximate surface area is 114 Å². The van der Waals surface area contributed by atoms with Gasteiger partial charge in [0.2, 0.25) is 0 Å². The van der Waals surface area contributed by atoms with Crippen molar-refractivity contribution in [2.45, 2.75) is 45.1 Å². The average Bonchev–Trinajstić information content (AvgIpc) is 2.41. The molecule has 19 heavy (non-hydrogen) atoms. The molecular weight excluding hydrogens is 248 g/mol. The van der Waals surface area contributed by atoms with Gasteiger partial charge in [-0.15, -0.1) is 0 Å². The molecule has 0 aromatic rings. The van der Waals surface area contributed by atoms with Crippen LogP contribution in [0.5, 0.6) is 0 Å². The normalized spacial score (nSPS) is 16.1. The third kappa shape index (κ3) is 6.42. The number of amides is 2. The molecule has 0 aromatic heterocycles. The summed E-state index contributed by atoms with van der Waals surface area (Å²) in [6.07, 6.45) is 6.27. The summed E-state index contributed by atoms with van der Waals surface area (Å²) in [7, 11) is 0. The SMILES string of the molecule is CCN(CC(=O)O)C(=O)NCCOC1CCCCC1. The number of hydrogen-bond donors (Lipinski definition) is 2. The summed E-state index contributed by atoms with van der Waals surface area (Å²) >= 11 is 0. The minimum atomic E-state index is -1.00. The van der Waals surface area contributed by atoms with Gasteiger partial charge in [-0.1, -0.05) is 19.3 Å². The van der Waals surface area contributed by atoms with Crippen molar-refractivity contribution in [3.05, 3.63) is 0 Å². The number of carboxylic acid groups (broad SMARTS) is 1. The Hall–Kier alpha value is -1.30. The third-order valence-electron chi connectivity index (χ3n) is 3.28. The van der Waals surface area contributed by atoms with E-state index in [4.69, 9.17) is 9.84 Å². The van der Waals surface area contributed by atoms with Crippen molar-refractivity contribution >= 4 is 12.0 Å². The number of hydrogen-bond acceptors (Lipinski definition) is 3. The van der Waals surface area contributed by atoms with Gasteiger partial charge >= 0.3 is 12.0 Å². The molecule has 0 atom stereocenters. The molecule has 0 heterocycles. The van der Waals surface area contributed by atoms with Crippen LogP contribution in [0.2, 0.25) is 0 Å². The van der Waals surface area contributed by atoms with Crippen molar-refractivity contribution in [3.63, 3.8) is 0 Å². The first kappa shape index (κ1) is 15.8. The lowest BCUT2D eigenvalue weighted by Crippen LogP contribution is -2.43. The zero-order chi connectivity index (χ0) is 14.1. The van der Waals surface area contributed by atoms with Crippen molar-refractivity contribution in [1.82, 2.24) is 10.2 Å². The van der Waals surface area contributed by atoms with Crippen molar-refractivity contribution in [3.8, 4) is 0 Å². The summed E-state index contributed by atoms with van der Waals surface area (Å²) in [6.45, 7) is 2.76. The predicted molar refractivity (Wildman–Crippen MR) is 71.1 cm³/mol. The average molecular weight is 272 g/mol. The van der Waals surface area contributed by atoms with Gasteiger partial charge < -0.3 is 20.1 Å². The molecule has 0 unspecified atom stereocenters. The molecular formula is C13H24N2O4. The number of nitrogens with zero attached hydrogens (tertiary/aromatic N) is 1. The fraction of sp³-hybridized carbons (Fsp3) is 0.846. The van der Waals surface area contributed by atoms with Gasteiger partial charge in [0.25, 0.3) is 0 Å². The highest BCUT2D eigenvalue weighted by molar-refractivity contribution is 5.79. The highest BCUT2D eigenvalue weighted by atomic mass is 16.5. The largest absolute Gasteiger partial charge is 0.480 e. The number of aliphatic carboxylic acids is 1. The first-order valence-electron chi connectivity index (χ1n) is 6.99. The number of carbonyl (C=O) groups is 2. The number of ether oxygens (including phenoxy) is 1. The minimum absolute atomic E-state index is 0.272. The molecule has 0 spiro atoms. The summed E-state index contributed by atoms with van der Waals surface area (Å²) in [6, 6.07) is -0.350. The molecule has 0 saturated heterocycles. The summed E-state index contributed by atoms with van der Waals surface area (Å²) < 4.78 is 5.68. The number of rotatable bonds is 7. The second-order valence-corrected chi connectivity index (χ2v) is 4.77. The van der Waals surface area contributed by atoms with E-state index in [0.29, 0.717) is 25.8 Å². The maximum absolute atomic E-state index is 11.7. The van der Waals surface area contributed by atoms with Gasteiger partial charge in [-0.2, -0.15) is 0 Å². The minimum Gasteiger partial charge on any atom is -0.480 e. The molecule has 1 fully saturated rings. The van der Waals surface area contributed by atoms with Crippen LogP contribution in [0.3, 0.4) is 0 Å². The molecule has 1 saturated carbocycles. The number of carboxylic acids is 1. The van der Waals surface area contributed by atoms with Crippen LogP contribution < -0.4 is 5.32 Å². The van der Waals surface area contributed by atoms with Crippen LogP contribution in [0.25, 0.3) is 0 Å². The monoisotopic (exact) mass is 272 g/mol. The van der Waals surface area contributed by atoms with Crippen molar-refractivity contribution in [1.29, 1.82) is 0 Å². The van der Waals surface area contributed by atoms with Gasteiger partial charge in [0.15, 0.2) is 0 Å². The predicted octanol–water partition coefficient (Wildman–Crippen LogP) is 1.45. The summed E-state index contributed by atoms with van der Waals surface area (Å²) in [4.78, 5) is 23.5. The highest BCUT2D eigenvalue weighted by Crippen LogP contribution is 2.19. The second-order valence-electron chi connectivity index (χ2n) is 4.77. The molecule has 6 heteroatoms. The quantitative estimate of drug-likeness (QED) is 0.688. The fourth-order valence-electron chi connectivity index (χ4n) is 2.22. The molecule has 1 aliphatic rings. The maximum atomic E-state index is 11.7. The summed E-state index contributed by atoms with van der Waals surface area (Å²) in [5.74, 6) is -1.00. The molecule has 2 N–H and O–H groups in total.